The first-order chi connectivity index (χ1) is 22.3. The normalized spacial score (nSPS) is 13.5. The molecule has 0 amide bonds. The summed E-state index contributed by atoms with van der Waals surface area (Å²) in [7, 11) is 0. The van der Waals surface area contributed by atoms with Crippen molar-refractivity contribution in [3.05, 3.63) is 123 Å². The Bertz CT molecular complexity index is 2010. The fraction of sp³-hybridized carbons (Fsp3) is 0.308. The number of aromatic nitrogens is 2. The molecule has 0 saturated carbocycles. The molecule has 7 nitrogen and oxygen atoms in total. The van der Waals surface area contributed by atoms with E-state index < -0.39 is 0 Å². The highest BCUT2D eigenvalue weighted by molar-refractivity contribution is 5.96. The fourth-order valence-electron chi connectivity index (χ4n) is 6.47. The summed E-state index contributed by atoms with van der Waals surface area (Å²) in [6.45, 7) is 17.6. The predicted molar refractivity (Wildman–Crippen MR) is 185 cm³/mol. The summed E-state index contributed by atoms with van der Waals surface area (Å²) in [5.41, 5.74) is 8.76. The highest BCUT2D eigenvalue weighted by Crippen LogP contribution is 2.31. The molecule has 1 aliphatic rings. The van der Waals surface area contributed by atoms with Gasteiger partial charge in [-0.05, 0) is 111 Å². The number of likely N-dealkylation sites (tertiary alicyclic amines) is 1. The molecular formula is C39H40N4O3. The Morgan fingerprint density at radius 3 is 2.46 bits per heavy atom. The summed E-state index contributed by atoms with van der Waals surface area (Å²) in [5.74, 6) is -0.335. The molecule has 0 aliphatic carbocycles. The topological polar surface area (TPSA) is 71.7 Å². The van der Waals surface area contributed by atoms with Crippen molar-refractivity contribution in [3.63, 3.8) is 0 Å². The highest BCUT2D eigenvalue weighted by Gasteiger charge is 2.17. The lowest BCUT2D eigenvalue weighted by Gasteiger charge is -2.26. The van der Waals surface area contributed by atoms with Crippen LogP contribution in [0.5, 0.6) is 0 Å². The number of esters is 1. The lowest BCUT2D eigenvalue weighted by molar-refractivity contribution is 0.0479. The number of hydrogen-bond acceptors (Lipinski definition) is 4. The van der Waals surface area contributed by atoms with Crippen molar-refractivity contribution in [2.75, 3.05) is 26.2 Å². The molecule has 0 radical (unpaired) electrons. The summed E-state index contributed by atoms with van der Waals surface area (Å²) in [4.78, 5) is 35.7. The van der Waals surface area contributed by atoms with Gasteiger partial charge in [-0.3, -0.25) is 4.79 Å². The van der Waals surface area contributed by atoms with Crippen molar-refractivity contribution in [1.82, 2.24) is 14.5 Å². The Morgan fingerprint density at radius 1 is 0.891 bits per heavy atom. The number of rotatable bonds is 9. The number of benzene rings is 3. The minimum absolute atomic E-state index is 0.151. The second-order valence-electron chi connectivity index (χ2n) is 12.5. The lowest BCUT2D eigenvalue weighted by atomic mass is 9.99. The van der Waals surface area contributed by atoms with Crippen LogP contribution in [0.4, 0.5) is 5.69 Å². The maximum atomic E-state index is 13.6. The minimum Gasteiger partial charge on any atom is -0.461 e. The molecule has 7 heteroatoms. The third-order valence-electron chi connectivity index (χ3n) is 9.04. The Labute approximate surface area is 270 Å². The van der Waals surface area contributed by atoms with Crippen LogP contribution in [0.1, 0.15) is 58.4 Å². The van der Waals surface area contributed by atoms with Crippen molar-refractivity contribution in [2.45, 2.75) is 53.0 Å². The molecule has 1 fully saturated rings. The lowest BCUT2D eigenvalue weighted by Crippen LogP contribution is -2.31. The van der Waals surface area contributed by atoms with Gasteiger partial charge in [-0.15, -0.1) is 0 Å². The average Bonchev–Trinajstić information content (AvgIpc) is 3.50. The summed E-state index contributed by atoms with van der Waals surface area (Å²) in [6, 6.07) is 24.2. The zero-order valence-corrected chi connectivity index (χ0v) is 26.9. The van der Waals surface area contributed by atoms with Gasteiger partial charge in [0, 0.05) is 23.1 Å². The third kappa shape index (κ3) is 6.68. The van der Waals surface area contributed by atoms with Crippen molar-refractivity contribution in [1.29, 1.82) is 0 Å². The van der Waals surface area contributed by atoms with Crippen molar-refractivity contribution in [2.24, 2.45) is 0 Å². The number of nitrogens with one attached hydrogen (secondary N) is 1. The highest BCUT2D eigenvalue weighted by atomic mass is 16.5. The number of aryl methyl sites for hydroxylation is 3. The predicted octanol–water partition coefficient (Wildman–Crippen LogP) is 8.22. The summed E-state index contributed by atoms with van der Waals surface area (Å²) in [6.07, 6.45) is 4.66. The molecule has 3 heterocycles. The monoisotopic (exact) mass is 612 g/mol. The van der Waals surface area contributed by atoms with E-state index in [4.69, 9.17) is 11.3 Å². The zero-order chi connectivity index (χ0) is 32.2. The molecule has 0 atom stereocenters. The zero-order valence-electron chi connectivity index (χ0n) is 26.9. The van der Waals surface area contributed by atoms with Gasteiger partial charge >= 0.3 is 5.97 Å². The first-order valence-corrected chi connectivity index (χ1v) is 16.1. The molecule has 0 spiro atoms. The average molecular weight is 613 g/mol. The number of pyridine rings is 1. The van der Waals surface area contributed by atoms with Gasteiger partial charge in [0.25, 0.3) is 11.2 Å². The van der Waals surface area contributed by atoms with E-state index in [1.807, 2.05) is 55.5 Å². The van der Waals surface area contributed by atoms with Crippen LogP contribution >= 0.6 is 0 Å². The van der Waals surface area contributed by atoms with Gasteiger partial charge in [-0.1, -0.05) is 60.5 Å². The molecule has 5 aromatic rings. The first-order valence-electron chi connectivity index (χ1n) is 16.1. The second-order valence-corrected chi connectivity index (χ2v) is 12.5. The fourth-order valence-corrected chi connectivity index (χ4v) is 6.47. The van der Waals surface area contributed by atoms with Gasteiger partial charge in [0.2, 0.25) is 0 Å². The van der Waals surface area contributed by atoms with Crippen LogP contribution < -0.4 is 5.56 Å². The molecule has 1 saturated heterocycles. The Kier molecular flexibility index (Phi) is 9.18. The van der Waals surface area contributed by atoms with Gasteiger partial charge < -0.3 is 19.2 Å². The van der Waals surface area contributed by atoms with Gasteiger partial charge in [0.1, 0.15) is 5.69 Å². The Morgan fingerprint density at radius 2 is 1.67 bits per heavy atom. The summed E-state index contributed by atoms with van der Waals surface area (Å²) < 4.78 is 7.31. The van der Waals surface area contributed by atoms with Gasteiger partial charge in [-0.25, -0.2) is 9.64 Å². The SMILES string of the molecule is [C-]#[N+]c1c(C)cc(-c2cccc(-c3ccc4cc(C(=O)OCCCN5CCCCC5)[nH]c4c3)c2)n(Cc2ccc(C)cc2C)c1=O. The van der Waals surface area contributed by atoms with Crippen molar-refractivity contribution in [3.8, 4) is 22.4 Å². The number of carbonyl (C=O) groups excluding carboxylic acids is 1. The maximum absolute atomic E-state index is 13.6. The molecule has 1 aliphatic heterocycles. The molecule has 46 heavy (non-hydrogen) atoms. The van der Waals surface area contributed by atoms with E-state index in [1.54, 1.807) is 4.57 Å². The number of aromatic amines is 1. The molecule has 1 N–H and O–H groups in total. The van der Waals surface area contributed by atoms with E-state index in [9.17, 15) is 9.59 Å². The summed E-state index contributed by atoms with van der Waals surface area (Å²) >= 11 is 0. The van der Waals surface area contributed by atoms with E-state index >= 15 is 0 Å². The van der Waals surface area contributed by atoms with Gasteiger partial charge in [-0.2, -0.15) is 0 Å². The first kappa shape index (κ1) is 31.1. The number of hydrogen-bond donors (Lipinski definition) is 1. The molecule has 234 valence electrons. The van der Waals surface area contributed by atoms with Crippen LogP contribution in [0.2, 0.25) is 0 Å². The van der Waals surface area contributed by atoms with Crippen LogP contribution in [-0.4, -0.2) is 46.7 Å². The van der Waals surface area contributed by atoms with Crippen LogP contribution in [0, 0.1) is 27.3 Å². The van der Waals surface area contributed by atoms with E-state index in [-0.39, 0.29) is 17.2 Å². The molecule has 0 bridgehead atoms. The van der Waals surface area contributed by atoms with Gasteiger partial charge in [0.15, 0.2) is 0 Å². The standard InChI is InChI=1S/C39H40N4O3/c1-26-12-13-33(27(2)20-26)25-43-36(21-28(3)37(40-4)38(43)44)32-11-8-10-29(22-32)30-14-15-31-24-35(41-34(31)23-30)39(45)46-19-9-18-42-16-6-5-7-17-42/h8,10-15,20-24,41H,5-7,9,16-19,25H2,1-3H3. The number of H-pyrrole nitrogens is 1. The van der Waals surface area contributed by atoms with Crippen molar-refractivity contribution < 1.29 is 9.53 Å². The largest absolute Gasteiger partial charge is 0.461 e. The van der Waals surface area contributed by atoms with Crippen LogP contribution in [0.25, 0.3) is 38.1 Å². The molecular weight excluding hydrogens is 572 g/mol. The number of nitrogens with zero attached hydrogens (tertiary/aromatic N) is 3. The van der Waals surface area contributed by atoms with Crippen LogP contribution in [0.3, 0.4) is 0 Å². The van der Waals surface area contributed by atoms with Crippen LogP contribution in [-0.2, 0) is 11.3 Å². The van der Waals surface area contributed by atoms with E-state index in [0.717, 1.165) is 70.5 Å². The van der Waals surface area contributed by atoms with Gasteiger partial charge in [0.05, 0.1) is 19.7 Å². The van der Waals surface area contributed by atoms with E-state index in [2.05, 4.69) is 52.8 Å². The smallest absolute Gasteiger partial charge is 0.354 e. The second kappa shape index (κ2) is 13.6. The number of carbonyl (C=O) groups is 1. The molecule has 6 rings (SSSR count). The molecule has 3 aromatic carbocycles. The van der Waals surface area contributed by atoms with Crippen molar-refractivity contribution >= 4 is 22.6 Å². The van der Waals surface area contributed by atoms with Crippen LogP contribution in [0.15, 0.2) is 77.6 Å². The molecule has 2 aromatic heterocycles. The Balaban J connectivity index is 1.25. The molecule has 0 unspecified atom stereocenters. The number of fused-ring (bicyclic) bond motifs is 1. The number of ether oxygens (including phenoxy) is 1. The third-order valence-corrected chi connectivity index (χ3v) is 9.04. The number of piperidine rings is 1. The van der Waals surface area contributed by atoms with E-state index in [1.165, 1.54) is 24.8 Å². The summed E-state index contributed by atoms with van der Waals surface area (Å²) in [5, 5.41) is 0.938. The quantitative estimate of drug-likeness (QED) is 0.103. The minimum atomic E-state index is -0.335. The Hall–Kier alpha value is -4.93. The maximum Gasteiger partial charge on any atom is 0.354 e. The van der Waals surface area contributed by atoms with E-state index in [0.29, 0.717) is 24.4 Å².